The SMILES string of the molecule is COC(=O)COc1c(Cl)cc(/C=N/N2C(=O)C3C4C=CC(C4)C3C2=O)cc1OC. The molecule has 152 valence electrons. The van der Waals surface area contributed by atoms with E-state index in [1.807, 2.05) is 12.2 Å². The molecule has 4 atom stereocenters. The number of ether oxygens (including phenoxy) is 3. The number of allylic oxidation sites excluding steroid dienone is 2. The minimum absolute atomic E-state index is 0.127. The number of amides is 2. The first-order valence-electron chi connectivity index (χ1n) is 9.12. The molecule has 9 heteroatoms. The van der Waals surface area contributed by atoms with Gasteiger partial charge in [0.25, 0.3) is 11.8 Å². The molecule has 1 saturated heterocycles. The van der Waals surface area contributed by atoms with Gasteiger partial charge in [-0.3, -0.25) is 9.59 Å². The fraction of sp³-hybridized carbons (Fsp3) is 0.400. The molecule has 0 radical (unpaired) electrons. The van der Waals surface area contributed by atoms with Gasteiger partial charge < -0.3 is 14.2 Å². The van der Waals surface area contributed by atoms with Gasteiger partial charge in [-0.05, 0) is 36.0 Å². The number of fused-ring (bicyclic) bond motifs is 5. The van der Waals surface area contributed by atoms with E-state index < -0.39 is 5.97 Å². The van der Waals surface area contributed by atoms with E-state index in [0.717, 1.165) is 11.4 Å². The second kappa shape index (κ2) is 7.51. The normalized spacial score (nSPS) is 27.1. The zero-order chi connectivity index (χ0) is 20.7. The molecule has 0 spiro atoms. The number of hydrogen-bond acceptors (Lipinski definition) is 7. The Morgan fingerprint density at radius 1 is 1.21 bits per heavy atom. The molecule has 2 fully saturated rings. The number of hydrogen-bond donors (Lipinski definition) is 0. The summed E-state index contributed by atoms with van der Waals surface area (Å²) in [5, 5.41) is 5.27. The lowest BCUT2D eigenvalue weighted by molar-refractivity contribution is -0.143. The second-order valence-corrected chi connectivity index (χ2v) is 7.54. The van der Waals surface area contributed by atoms with Crippen LogP contribution in [0.4, 0.5) is 0 Å². The van der Waals surface area contributed by atoms with Crippen LogP contribution in [0.2, 0.25) is 5.02 Å². The molecular weight excluding hydrogens is 400 g/mol. The van der Waals surface area contributed by atoms with Crippen molar-refractivity contribution in [1.29, 1.82) is 0 Å². The van der Waals surface area contributed by atoms with E-state index >= 15 is 0 Å². The molecular formula is C20H19ClN2O6. The predicted molar refractivity (Wildman–Crippen MR) is 103 cm³/mol. The summed E-state index contributed by atoms with van der Waals surface area (Å²) in [6.45, 7) is -0.323. The highest BCUT2D eigenvalue weighted by atomic mass is 35.5. The Morgan fingerprint density at radius 3 is 2.45 bits per heavy atom. The third-order valence-corrected chi connectivity index (χ3v) is 5.86. The number of carbonyl (C=O) groups is 3. The van der Waals surface area contributed by atoms with Gasteiger partial charge in [0.2, 0.25) is 0 Å². The van der Waals surface area contributed by atoms with Gasteiger partial charge in [-0.2, -0.15) is 10.1 Å². The molecule has 0 aromatic heterocycles. The number of hydrazone groups is 1. The summed E-state index contributed by atoms with van der Waals surface area (Å²) in [6.07, 6.45) is 6.30. The monoisotopic (exact) mass is 418 g/mol. The van der Waals surface area contributed by atoms with Crippen LogP contribution in [0, 0.1) is 23.7 Å². The van der Waals surface area contributed by atoms with E-state index in [2.05, 4.69) is 9.84 Å². The standard InChI is InChI=1S/C20H19ClN2O6/c1-27-14-6-10(5-13(21)18(14)29-9-15(24)28-2)8-22-23-19(25)16-11-3-4-12(7-11)17(16)20(23)26/h3-6,8,11-12,16-17H,7,9H2,1-2H3/b22-8+. The zero-order valence-electron chi connectivity index (χ0n) is 15.8. The molecule has 29 heavy (non-hydrogen) atoms. The molecule has 1 aromatic carbocycles. The fourth-order valence-electron chi connectivity index (χ4n) is 4.27. The number of benzene rings is 1. The lowest BCUT2D eigenvalue weighted by atomic mass is 9.85. The van der Waals surface area contributed by atoms with Crippen molar-refractivity contribution in [2.75, 3.05) is 20.8 Å². The van der Waals surface area contributed by atoms with Gasteiger partial charge in [-0.1, -0.05) is 23.8 Å². The van der Waals surface area contributed by atoms with Crippen molar-refractivity contribution in [1.82, 2.24) is 5.01 Å². The summed E-state index contributed by atoms with van der Waals surface area (Å²) in [6, 6.07) is 3.12. The number of imide groups is 1. The first-order chi connectivity index (χ1) is 13.9. The Balaban J connectivity index is 1.53. The van der Waals surface area contributed by atoms with Crippen molar-refractivity contribution in [3.05, 3.63) is 34.9 Å². The summed E-state index contributed by atoms with van der Waals surface area (Å²) in [7, 11) is 2.68. The summed E-state index contributed by atoms with van der Waals surface area (Å²) in [5.74, 6) is -0.973. The molecule has 2 bridgehead atoms. The minimum Gasteiger partial charge on any atom is -0.493 e. The van der Waals surface area contributed by atoms with Crippen LogP contribution >= 0.6 is 11.6 Å². The largest absolute Gasteiger partial charge is 0.493 e. The van der Waals surface area contributed by atoms with Crippen molar-refractivity contribution < 1.29 is 28.6 Å². The zero-order valence-corrected chi connectivity index (χ0v) is 16.6. The average Bonchev–Trinajstić information content (AvgIpc) is 3.39. The second-order valence-electron chi connectivity index (χ2n) is 7.13. The maximum absolute atomic E-state index is 12.7. The highest BCUT2D eigenvalue weighted by molar-refractivity contribution is 6.32. The molecule has 4 unspecified atom stereocenters. The van der Waals surface area contributed by atoms with Crippen LogP contribution in [-0.2, 0) is 19.1 Å². The first kappa shape index (κ1) is 19.4. The molecule has 1 heterocycles. The summed E-state index contributed by atoms with van der Waals surface area (Å²) >= 11 is 6.24. The van der Waals surface area contributed by atoms with Crippen LogP contribution in [0.25, 0.3) is 0 Å². The fourth-order valence-corrected chi connectivity index (χ4v) is 4.54. The third kappa shape index (κ3) is 3.27. The number of halogens is 1. The van der Waals surface area contributed by atoms with Crippen molar-refractivity contribution >= 4 is 35.6 Å². The minimum atomic E-state index is -0.561. The van der Waals surface area contributed by atoms with Gasteiger partial charge >= 0.3 is 5.97 Å². The number of carbonyl (C=O) groups excluding carboxylic acids is 3. The maximum Gasteiger partial charge on any atom is 0.343 e. The number of methoxy groups -OCH3 is 2. The lowest BCUT2D eigenvalue weighted by Crippen LogP contribution is -2.28. The Morgan fingerprint density at radius 2 is 1.86 bits per heavy atom. The van der Waals surface area contributed by atoms with Crippen molar-refractivity contribution in [2.45, 2.75) is 6.42 Å². The summed E-state index contributed by atoms with van der Waals surface area (Å²) < 4.78 is 15.2. The predicted octanol–water partition coefficient (Wildman–Crippen LogP) is 2.04. The molecule has 0 N–H and O–H groups in total. The van der Waals surface area contributed by atoms with Crippen LogP contribution < -0.4 is 9.47 Å². The molecule has 1 aliphatic heterocycles. The van der Waals surface area contributed by atoms with Crippen LogP contribution in [0.1, 0.15) is 12.0 Å². The van der Waals surface area contributed by atoms with E-state index in [0.29, 0.717) is 5.56 Å². The highest BCUT2D eigenvalue weighted by Crippen LogP contribution is 2.52. The Kier molecular flexibility index (Phi) is 5.04. The van der Waals surface area contributed by atoms with E-state index in [-0.39, 0.29) is 58.6 Å². The number of nitrogens with zero attached hydrogens (tertiary/aromatic N) is 2. The van der Waals surface area contributed by atoms with Crippen LogP contribution in [0.5, 0.6) is 11.5 Å². The maximum atomic E-state index is 12.7. The van der Waals surface area contributed by atoms with Crippen LogP contribution in [0.15, 0.2) is 29.4 Å². The van der Waals surface area contributed by atoms with Gasteiger partial charge in [0.15, 0.2) is 18.1 Å². The smallest absolute Gasteiger partial charge is 0.343 e. The highest BCUT2D eigenvalue weighted by Gasteiger charge is 2.59. The molecule has 8 nitrogen and oxygen atoms in total. The summed E-state index contributed by atoms with van der Waals surface area (Å²) in [4.78, 5) is 36.6. The van der Waals surface area contributed by atoms with Gasteiger partial charge in [0, 0.05) is 0 Å². The first-order valence-corrected chi connectivity index (χ1v) is 9.49. The van der Waals surface area contributed by atoms with Gasteiger partial charge in [-0.15, -0.1) is 0 Å². The topological polar surface area (TPSA) is 94.5 Å². The molecule has 1 saturated carbocycles. The van der Waals surface area contributed by atoms with Gasteiger partial charge in [0.1, 0.15) is 0 Å². The van der Waals surface area contributed by atoms with Gasteiger partial charge in [-0.25, -0.2) is 4.79 Å². The molecule has 1 aromatic rings. The Bertz CT molecular complexity index is 913. The van der Waals surface area contributed by atoms with E-state index in [4.69, 9.17) is 21.1 Å². The van der Waals surface area contributed by atoms with E-state index in [1.165, 1.54) is 26.5 Å². The van der Waals surface area contributed by atoms with Crippen LogP contribution in [0.3, 0.4) is 0 Å². The van der Waals surface area contributed by atoms with Gasteiger partial charge in [0.05, 0.1) is 37.3 Å². The molecule has 3 aliphatic rings. The van der Waals surface area contributed by atoms with Crippen molar-refractivity contribution in [2.24, 2.45) is 28.8 Å². The average molecular weight is 419 g/mol. The van der Waals surface area contributed by atoms with E-state index in [1.54, 1.807) is 6.07 Å². The third-order valence-electron chi connectivity index (χ3n) is 5.58. The van der Waals surface area contributed by atoms with Crippen molar-refractivity contribution in [3.63, 3.8) is 0 Å². The quantitative estimate of drug-likeness (QED) is 0.304. The molecule has 2 amide bonds. The lowest BCUT2D eigenvalue weighted by Gasteiger charge is -2.13. The molecule has 2 aliphatic carbocycles. The Hall–Kier alpha value is -2.87. The van der Waals surface area contributed by atoms with Crippen LogP contribution in [-0.4, -0.2) is 49.8 Å². The molecule has 4 rings (SSSR count). The number of rotatable bonds is 6. The summed E-state index contributed by atoms with van der Waals surface area (Å²) in [5.41, 5.74) is 0.510. The number of esters is 1. The Labute approximate surface area is 172 Å². The van der Waals surface area contributed by atoms with E-state index in [9.17, 15) is 14.4 Å². The van der Waals surface area contributed by atoms with Crippen molar-refractivity contribution in [3.8, 4) is 11.5 Å².